The van der Waals surface area contributed by atoms with Crippen LogP contribution < -0.4 is 10.6 Å². The summed E-state index contributed by atoms with van der Waals surface area (Å²) >= 11 is 1.72. The van der Waals surface area contributed by atoms with Gasteiger partial charge in [0.2, 0.25) is 0 Å². The lowest BCUT2D eigenvalue weighted by molar-refractivity contribution is 0.0724. The van der Waals surface area contributed by atoms with E-state index < -0.39 is 0 Å². The number of nitrogens with one attached hydrogen (secondary N) is 2. The molecule has 0 aliphatic carbocycles. The van der Waals surface area contributed by atoms with Gasteiger partial charge in [0, 0.05) is 37.1 Å². The molecule has 146 valence electrons. The summed E-state index contributed by atoms with van der Waals surface area (Å²) in [4.78, 5) is 20.0. The van der Waals surface area contributed by atoms with Crippen molar-refractivity contribution in [3.63, 3.8) is 0 Å². The summed E-state index contributed by atoms with van der Waals surface area (Å²) in [5.41, 5.74) is 1.90. The van der Waals surface area contributed by atoms with Gasteiger partial charge < -0.3 is 15.5 Å². The van der Waals surface area contributed by atoms with Gasteiger partial charge in [-0.05, 0) is 48.4 Å². The molecule has 1 aliphatic heterocycles. The molecule has 0 radical (unpaired) electrons. The fourth-order valence-electron chi connectivity index (χ4n) is 3.04. The van der Waals surface area contributed by atoms with E-state index in [1.54, 1.807) is 18.4 Å². The van der Waals surface area contributed by atoms with E-state index in [0.29, 0.717) is 6.54 Å². The Hall–Kier alpha value is -1.61. The zero-order chi connectivity index (χ0) is 18.2. The van der Waals surface area contributed by atoms with Crippen molar-refractivity contribution < 1.29 is 4.79 Å². The van der Waals surface area contributed by atoms with E-state index in [1.807, 2.05) is 35.2 Å². The zero-order valence-electron chi connectivity index (χ0n) is 15.6. The van der Waals surface area contributed by atoms with E-state index in [-0.39, 0.29) is 29.9 Å². The van der Waals surface area contributed by atoms with Crippen molar-refractivity contribution in [1.29, 1.82) is 0 Å². The number of carbonyl (C=O) groups excluding carboxylic acids is 1. The topological polar surface area (TPSA) is 56.7 Å². The highest BCUT2D eigenvalue weighted by molar-refractivity contribution is 14.0. The van der Waals surface area contributed by atoms with Crippen molar-refractivity contribution in [2.24, 2.45) is 4.99 Å². The van der Waals surface area contributed by atoms with Crippen LogP contribution in [0.15, 0.2) is 46.8 Å². The monoisotopic (exact) mass is 498 g/mol. The Morgan fingerprint density at radius 3 is 2.41 bits per heavy atom. The SMILES string of the molecule is CN=C(NCc1ccc(C(=O)N2CCCCC2)cc1)NCc1cccs1.I. The number of carbonyl (C=O) groups is 1. The number of halogens is 1. The maximum absolute atomic E-state index is 12.5. The van der Waals surface area contributed by atoms with Crippen LogP contribution in [0, 0.1) is 0 Å². The molecule has 2 heterocycles. The predicted molar refractivity (Wildman–Crippen MR) is 123 cm³/mol. The van der Waals surface area contributed by atoms with Crippen LogP contribution in [0.25, 0.3) is 0 Å². The van der Waals surface area contributed by atoms with Crippen molar-refractivity contribution in [1.82, 2.24) is 15.5 Å². The minimum atomic E-state index is 0. The van der Waals surface area contributed by atoms with Crippen LogP contribution in [0.2, 0.25) is 0 Å². The average molecular weight is 498 g/mol. The first kappa shape index (κ1) is 21.7. The number of benzene rings is 1. The van der Waals surface area contributed by atoms with Gasteiger partial charge in [0.1, 0.15) is 0 Å². The van der Waals surface area contributed by atoms with Crippen molar-refractivity contribution in [3.8, 4) is 0 Å². The number of hydrogen-bond donors (Lipinski definition) is 2. The van der Waals surface area contributed by atoms with Crippen molar-refractivity contribution in [2.45, 2.75) is 32.4 Å². The number of guanidine groups is 1. The molecular formula is C20H27IN4OS. The molecule has 0 saturated carbocycles. The Morgan fingerprint density at radius 2 is 1.78 bits per heavy atom. The zero-order valence-corrected chi connectivity index (χ0v) is 18.8. The maximum atomic E-state index is 12.5. The van der Waals surface area contributed by atoms with Gasteiger partial charge in [-0.25, -0.2) is 0 Å². The summed E-state index contributed by atoms with van der Waals surface area (Å²) in [6.07, 6.45) is 3.47. The van der Waals surface area contributed by atoms with E-state index in [4.69, 9.17) is 0 Å². The second-order valence-electron chi connectivity index (χ2n) is 6.41. The van der Waals surface area contributed by atoms with Gasteiger partial charge in [0.15, 0.2) is 5.96 Å². The summed E-state index contributed by atoms with van der Waals surface area (Å²) < 4.78 is 0. The minimum Gasteiger partial charge on any atom is -0.352 e. The highest BCUT2D eigenvalue weighted by Gasteiger charge is 2.17. The Morgan fingerprint density at radius 1 is 1.07 bits per heavy atom. The Labute approximate surface area is 182 Å². The quantitative estimate of drug-likeness (QED) is 0.374. The first-order chi connectivity index (χ1) is 12.8. The van der Waals surface area contributed by atoms with Crippen molar-refractivity contribution >= 4 is 47.2 Å². The molecule has 1 fully saturated rings. The fourth-order valence-corrected chi connectivity index (χ4v) is 3.68. The summed E-state index contributed by atoms with van der Waals surface area (Å²) in [6, 6.07) is 12.0. The van der Waals surface area contributed by atoms with Crippen LogP contribution in [0.1, 0.15) is 40.1 Å². The van der Waals surface area contributed by atoms with Crippen LogP contribution >= 0.6 is 35.3 Å². The molecule has 1 saturated heterocycles. The van der Waals surface area contributed by atoms with Gasteiger partial charge in [-0.15, -0.1) is 35.3 Å². The molecule has 1 aromatic heterocycles. The second kappa shape index (κ2) is 11.3. The molecule has 0 spiro atoms. The highest BCUT2D eigenvalue weighted by Crippen LogP contribution is 2.14. The molecule has 3 rings (SSSR count). The van der Waals surface area contributed by atoms with E-state index in [2.05, 4.69) is 27.1 Å². The smallest absolute Gasteiger partial charge is 0.253 e. The highest BCUT2D eigenvalue weighted by atomic mass is 127. The number of nitrogens with zero attached hydrogens (tertiary/aromatic N) is 2. The Kier molecular flexibility index (Phi) is 9.06. The van der Waals surface area contributed by atoms with E-state index in [0.717, 1.165) is 49.6 Å². The Bertz CT molecular complexity index is 725. The summed E-state index contributed by atoms with van der Waals surface area (Å²) in [7, 11) is 1.77. The lowest BCUT2D eigenvalue weighted by atomic mass is 10.1. The van der Waals surface area contributed by atoms with Crippen molar-refractivity contribution in [2.75, 3.05) is 20.1 Å². The third-order valence-electron chi connectivity index (χ3n) is 4.54. The van der Waals surface area contributed by atoms with Crippen LogP contribution in [0.4, 0.5) is 0 Å². The number of likely N-dealkylation sites (tertiary alicyclic amines) is 1. The minimum absolute atomic E-state index is 0. The molecule has 0 unspecified atom stereocenters. The molecule has 0 bridgehead atoms. The van der Waals surface area contributed by atoms with Gasteiger partial charge in [-0.1, -0.05) is 18.2 Å². The first-order valence-electron chi connectivity index (χ1n) is 9.11. The molecule has 27 heavy (non-hydrogen) atoms. The molecule has 7 heteroatoms. The number of hydrogen-bond acceptors (Lipinski definition) is 3. The van der Waals surface area contributed by atoms with Crippen molar-refractivity contribution in [3.05, 3.63) is 57.8 Å². The van der Waals surface area contributed by atoms with E-state index in [1.165, 1.54) is 11.3 Å². The van der Waals surface area contributed by atoms with Gasteiger partial charge in [-0.3, -0.25) is 9.79 Å². The molecule has 2 aromatic rings. The number of piperidine rings is 1. The average Bonchev–Trinajstić information content (AvgIpc) is 3.22. The number of thiophene rings is 1. The van der Waals surface area contributed by atoms with Gasteiger partial charge >= 0.3 is 0 Å². The molecule has 1 aromatic carbocycles. The van der Waals surface area contributed by atoms with E-state index >= 15 is 0 Å². The van der Waals surface area contributed by atoms with Gasteiger partial charge in [0.25, 0.3) is 5.91 Å². The molecule has 0 atom stereocenters. The largest absolute Gasteiger partial charge is 0.352 e. The maximum Gasteiger partial charge on any atom is 0.253 e. The molecule has 1 amide bonds. The molecule has 1 aliphatic rings. The third kappa shape index (κ3) is 6.49. The van der Waals surface area contributed by atoms with Gasteiger partial charge in [-0.2, -0.15) is 0 Å². The second-order valence-corrected chi connectivity index (χ2v) is 7.44. The molecule has 5 nitrogen and oxygen atoms in total. The predicted octanol–water partition coefficient (Wildman–Crippen LogP) is 3.86. The van der Waals surface area contributed by atoms with Crippen LogP contribution in [-0.2, 0) is 13.1 Å². The van der Waals surface area contributed by atoms with Crippen LogP contribution in [-0.4, -0.2) is 36.9 Å². The Balaban J connectivity index is 0.00000261. The van der Waals surface area contributed by atoms with E-state index in [9.17, 15) is 4.79 Å². The summed E-state index contributed by atoms with van der Waals surface area (Å²) in [6.45, 7) is 3.20. The summed E-state index contributed by atoms with van der Waals surface area (Å²) in [5, 5.41) is 8.68. The fraction of sp³-hybridized carbons (Fsp3) is 0.400. The summed E-state index contributed by atoms with van der Waals surface area (Å²) in [5.74, 6) is 0.921. The van der Waals surface area contributed by atoms with Crippen LogP contribution in [0.3, 0.4) is 0 Å². The molecule has 2 N–H and O–H groups in total. The number of aliphatic imine (C=N–C) groups is 1. The first-order valence-corrected chi connectivity index (χ1v) is 9.99. The van der Waals surface area contributed by atoms with Gasteiger partial charge in [0.05, 0.1) is 6.54 Å². The third-order valence-corrected chi connectivity index (χ3v) is 5.41. The lowest BCUT2D eigenvalue weighted by Crippen LogP contribution is -2.36. The number of rotatable bonds is 5. The van der Waals surface area contributed by atoms with Crippen LogP contribution in [0.5, 0.6) is 0 Å². The number of amides is 1. The lowest BCUT2D eigenvalue weighted by Gasteiger charge is -2.26. The normalized spacial score (nSPS) is 14.4. The standard InChI is InChI=1S/C20H26N4OS.HI/c1-21-20(23-15-18-6-5-13-26-18)22-14-16-7-9-17(10-8-16)19(25)24-11-3-2-4-12-24;/h5-10,13H,2-4,11-12,14-15H2,1H3,(H2,21,22,23);1H. The molecular weight excluding hydrogens is 471 g/mol.